The van der Waals surface area contributed by atoms with Crippen molar-refractivity contribution in [2.24, 2.45) is 0 Å². The molecule has 0 atom stereocenters. The van der Waals surface area contributed by atoms with Crippen LogP contribution >= 0.6 is 0 Å². The van der Waals surface area contributed by atoms with Gasteiger partial charge in [0.2, 0.25) is 5.95 Å². The van der Waals surface area contributed by atoms with Crippen molar-refractivity contribution >= 4 is 43.5 Å². The Bertz CT molecular complexity index is 3050. The van der Waals surface area contributed by atoms with Crippen LogP contribution in [0.2, 0.25) is 0 Å². The molecule has 0 bridgehead atoms. The summed E-state index contributed by atoms with van der Waals surface area (Å²) in [4.78, 5) is 10.9. The highest BCUT2D eigenvalue weighted by atomic mass is 16.3. The van der Waals surface area contributed by atoms with Crippen LogP contribution in [-0.2, 0) is 5.41 Å². The summed E-state index contributed by atoms with van der Waals surface area (Å²) < 4.78 is 8.50. The molecule has 0 amide bonds. The fourth-order valence-electron chi connectivity index (χ4n) is 9.48. The topological polar surface area (TPSA) is 43.9 Å². The second-order valence-corrected chi connectivity index (χ2v) is 13.7. The molecule has 12 rings (SSSR count). The molecule has 0 fully saturated rings. The van der Waals surface area contributed by atoms with Crippen LogP contribution in [0.1, 0.15) is 22.3 Å². The number of hydrogen-bond acceptors (Lipinski definition) is 3. The Morgan fingerprint density at radius 2 is 1.08 bits per heavy atom. The minimum absolute atomic E-state index is 0.575. The van der Waals surface area contributed by atoms with E-state index in [9.17, 15) is 0 Å². The van der Waals surface area contributed by atoms with E-state index in [4.69, 9.17) is 14.4 Å². The summed E-state index contributed by atoms with van der Waals surface area (Å²) in [5.41, 5.74) is 14.6. The van der Waals surface area contributed by atoms with Gasteiger partial charge < -0.3 is 4.42 Å². The molecule has 3 heterocycles. The largest absolute Gasteiger partial charge is 0.471 e. The number of benzene rings is 7. The average Bonchev–Trinajstić information content (AvgIpc) is 3.95. The summed E-state index contributed by atoms with van der Waals surface area (Å²) in [5, 5.41) is 5.54. The molecule has 0 radical (unpaired) electrons. The standard InChI is InChI=1S/C47H27N3O/c1-2-14-28(15-3-1)44-32-19-7-12-24-39(32)48-46(49-44)50-40-25-13-8-20-33(40)42-35-27-51-26-34(35)41-31-18-6-11-23-38(31)47(43(41)45(42)50)36-21-9-4-16-29(36)30-17-5-10-22-37(30)47/h1-27H. The zero-order chi connectivity index (χ0) is 33.3. The molecule has 51 heavy (non-hydrogen) atoms. The van der Waals surface area contributed by atoms with E-state index in [1.54, 1.807) is 0 Å². The lowest BCUT2D eigenvalue weighted by Crippen LogP contribution is -2.26. The van der Waals surface area contributed by atoms with Crippen molar-refractivity contribution in [1.82, 2.24) is 14.5 Å². The van der Waals surface area contributed by atoms with Crippen LogP contribution in [0.4, 0.5) is 0 Å². The van der Waals surface area contributed by atoms with Gasteiger partial charge in [-0.2, -0.15) is 0 Å². The van der Waals surface area contributed by atoms with Gasteiger partial charge in [-0.3, -0.25) is 4.57 Å². The first-order valence-electron chi connectivity index (χ1n) is 17.4. The van der Waals surface area contributed by atoms with Gasteiger partial charge in [0.15, 0.2) is 0 Å². The SMILES string of the molecule is c1ccc(-c2nc(-n3c4ccccc4c4c5cocc5c5c(c43)C3(c4ccccc4-c4ccccc43)c3ccccc3-5)nc3ccccc23)cc1. The van der Waals surface area contributed by atoms with Gasteiger partial charge >= 0.3 is 0 Å². The third kappa shape index (κ3) is 3.25. The molecule has 0 saturated heterocycles. The highest BCUT2D eigenvalue weighted by molar-refractivity contribution is 6.27. The van der Waals surface area contributed by atoms with Crippen LogP contribution in [0.3, 0.4) is 0 Å². The van der Waals surface area contributed by atoms with Crippen molar-refractivity contribution in [3.63, 3.8) is 0 Å². The molecule has 4 nitrogen and oxygen atoms in total. The number of aromatic nitrogens is 3. The van der Waals surface area contributed by atoms with E-state index < -0.39 is 5.41 Å². The molecular formula is C47H27N3O. The van der Waals surface area contributed by atoms with Crippen molar-refractivity contribution in [2.45, 2.75) is 5.41 Å². The summed E-state index contributed by atoms with van der Waals surface area (Å²) in [5.74, 6) is 0.648. The molecule has 4 heteroatoms. The molecule has 0 saturated carbocycles. The van der Waals surface area contributed by atoms with Gasteiger partial charge in [0.1, 0.15) is 0 Å². The molecule has 2 aliphatic carbocycles. The van der Waals surface area contributed by atoms with Gasteiger partial charge in [-0.1, -0.05) is 140 Å². The molecule has 0 N–H and O–H groups in total. The third-order valence-electron chi connectivity index (χ3n) is 11.3. The molecule has 1 spiro atoms. The third-order valence-corrected chi connectivity index (χ3v) is 11.3. The van der Waals surface area contributed by atoms with Crippen molar-refractivity contribution in [3.05, 3.63) is 186 Å². The number of nitrogens with zero attached hydrogens (tertiary/aromatic N) is 3. The Labute approximate surface area is 292 Å². The van der Waals surface area contributed by atoms with Gasteiger partial charge in [-0.25, -0.2) is 9.97 Å². The normalized spacial score (nSPS) is 13.6. The summed E-state index contributed by atoms with van der Waals surface area (Å²) in [7, 11) is 0. The van der Waals surface area contributed by atoms with E-state index in [0.29, 0.717) is 5.95 Å². The summed E-state index contributed by atoms with van der Waals surface area (Å²) in [6, 6.07) is 54.4. The maximum absolute atomic E-state index is 6.16. The van der Waals surface area contributed by atoms with E-state index in [0.717, 1.165) is 54.7 Å². The Morgan fingerprint density at radius 1 is 0.490 bits per heavy atom. The number of fused-ring (bicyclic) bond motifs is 18. The van der Waals surface area contributed by atoms with Crippen molar-refractivity contribution in [2.75, 3.05) is 0 Å². The fraction of sp³-hybridized carbons (Fsp3) is 0.0213. The predicted octanol–water partition coefficient (Wildman–Crippen LogP) is 11.5. The lowest BCUT2D eigenvalue weighted by atomic mass is 9.70. The monoisotopic (exact) mass is 649 g/mol. The maximum Gasteiger partial charge on any atom is 0.235 e. The number of hydrogen-bond donors (Lipinski definition) is 0. The van der Waals surface area contributed by atoms with E-state index in [2.05, 4.69) is 156 Å². The summed E-state index contributed by atoms with van der Waals surface area (Å²) >= 11 is 0. The van der Waals surface area contributed by atoms with Crippen LogP contribution < -0.4 is 0 Å². The van der Waals surface area contributed by atoms with E-state index in [-0.39, 0.29) is 0 Å². The second-order valence-electron chi connectivity index (χ2n) is 13.7. The Morgan fingerprint density at radius 3 is 1.84 bits per heavy atom. The van der Waals surface area contributed by atoms with E-state index in [1.165, 1.54) is 44.5 Å². The molecule has 2 aliphatic rings. The molecule has 7 aromatic carbocycles. The van der Waals surface area contributed by atoms with Crippen molar-refractivity contribution in [3.8, 4) is 39.5 Å². The molecule has 0 aliphatic heterocycles. The first-order valence-corrected chi connectivity index (χ1v) is 17.4. The van der Waals surface area contributed by atoms with Crippen LogP contribution in [0, 0.1) is 0 Å². The second kappa shape index (κ2) is 9.68. The number of rotatable bonds is 2. The lowest BCUT2D eigenvalue weighted by molar-refractivity contribution is 0.572. The molecule has 3 aromatic heterocycles. The summed E-state index contributed by atoms with van der Waals surface area (Å²) in [6.45, 7) is 0. The first kappa shape index (κ1) is 27.1. The van der Waals surface area contributed by atoms with Crippen LogP contribution in [-0.4, -0.2) is 14.5 Å². The molecule has 10 aromatic rings. The Hall–Kier alpha value is -6.78. The van der Waals surface area contributed by atoms with Crippen molar-refractivity contribution in [1.29, 1.82) is 0 Å². The average molecular weight is 650 g/mol. The maximum atomic E-state index is 6.16. The highest BCUT2D eigenvalue weighted by Gasteiger charge is 2.54. The molecule has 0 unspecified atom stereocenters. The zero-order valence-corrected chi connectivity index (χ0v) is 27.3. The lowest BCUT2D eigenvalue weighted by Gasteiger charge is -2.31. The minimum Gasteiger partial charge on any atom is -0.471 e. The molecular weight excluding hydrogens is 623 g/mol. The molecule has 236 valence electrons. The Kier molecular flexibility index (Phi) is 5.14. The van der Waals surface area contributed by atoms with Crippen LogP contribution in [0.15, 0.2) is 169 Å². The number of furan rings is 1. The van der Waals surface area contributed by atoms with Crippen LogP contribution in [0.5, 0.6) is 0 Å². The fourth-order valence-corrected chi connectivity index (χ4v) is 9.48. The van der Waals surface area contributed by atoms with E-state index >= 15 is 0 Å². The van der Waals surface area contributed by atoms with Gasteiger partial charge in [0, 0.05) is 38.1 Å². The Balaban J connectivity index is 1.35. The van der Waals surface area contributed by atoms with Gasteiger partial charge in [-0.15, -0.1) is 0 Å². The predicted molar refractivity (Wildman–Crippen MR) is 205 cm³/mol. The summed E-state index contributed by atoms with van der Waals surface area (Å²) in [6.07, 6.45) is 3.87. The van der Waals surface area contributed by atoms with Gasteiger partial charge in [-0.05, 0) is 51.1 Å². The smallest absolute Gasteiger partial charge is 0.235 e. The minimum atomic E-state index is -0.575. The van der Waals surface area contributed by atoms with E-state index in [1.807, 2.05) is 12.5 Å². The number of para-hydroxylation sites is 2. The van der Waals surface area contributed by atoms with Gasteiger partial charge in [0.25, 0.3) is 0 Å². The van der Waals surface area contributed by atoms with Crippen molar-refractivity contribution < 1.29 is 4.42 Å². The quantitative estimate of drug-likeness (QED) is 0.187. The first-order chi connectivity index (χ1) is 25.3. The zero-order valence-electron chi connectivity index (χ0n) is 27.3. The highest BCUT2D eigenvalue weighted by Crippen LogP contribution is 2.66. The van der Waals surface area contributed by atoms with Crippen LogP contribution in [0.25, 0.3) is 82.9 Å². The van der Waals surface area contributed by atoms with Gasteiger partial charge in [0.05, 0.1) is 40.2 Å².